The number of likely N-dealkylation sites (tertiary alicyclic amines) is 1. The van der Waals surface area contributed by atoms with E-state index in [2.05, 4.69) is 18.7 Å². The zero-order valence-electron chi connectivity index (χ0n) is 10.3. The van der Waals surface area contributed by atoms with E-state index >= 15 is 0 Å². The Hall–Kier alpha value is -0.800. The number of nitrogens with zero attached hydrogens (tertiary/aromatic N) is 1. The molecule has 3 nitrogen and oxygen atoms in total. The zero-order valence-corrected chi connectivity index (χ0v) is 10.3. The van der Waals surface area contributed by atoms with Crippen molar-refractivity contribution in [3.8, 4) is 0 Å². The van der Waals surface area contributed by atoms with Crippen molar-refractivity contribution in [2.24, 2.45) is 17.6 Å². The van der Waals surface area contributed by atoms with Crippen molar-refractivity contribution in [1.29, 1.82) is 0 Å². The number of furan rings is 1. The van der Waals surface area contributed by atoms with Crippen LogP contribution in [-0.4, -0.2) is 18.0 Å². The van der Waals surface area contributed by atoms with Crippen molar-refractivity contribution < 1.29 is 4.42 Å². The molecule has 0 aromatic carbocycles. The van der Waals surface area contributed by atoms with Gasteiger partial charge in [0.25, 0.3) is 0 Å². The molecule has 0 bridgehead atoms. The Labute approximate surface area is 97.6 Å². The minimum absolute atomic E-state index is 0.577. The van der Waals surface area contributed by atoms with Crippen LogP contribution < -0.4 is 5.73 Å². The van der Waals surface area contributed by atoms with Crippen molar-refractivity contribution in [3.63, 3.8) is 0 Å². The third-order valence-electron chi connectivity index (χ3n) is 3.68. The predicted octanol–water partition coefficient (Wildman–Crippen LogP) is 2.22. The first kappa shape index (κ1) is 11.7. The van der Waals surface area contributed by atoms with Crippen LogP contribution >= 0.6 is 0 Å². The van der Waals surface area contributed by atoms with Crippen LogP contribution in [0.4, 0.5) is 0 Å². The summed E-state index contributed by atoms with van der Waals surface area (Å²) < 4.78 is 5.49. The van der Waals surface area contributed by atoms with Crippen LogP contribution in [0.1, 0.15) is 31.6 Å². The SMILES string of the molecule is CC(C)C1CCN(Cc2occc2CN)C1. The fraction of sp³-hybridized carbons (Fsp3) is 0.692. The minimum atomic E-state index is 0.577. The van der Waals surface area contributed by atoms with Crippen LogP contribution in [0.15, 0.2) is 16.7 Å². The third kappa shape index (κ3) is 2.47. The summed E-state index contributed by atoms with van der Waals surface area (Å²) >= 11 is 0. The van der Waals surface area contributed by atoms with Gasteiger partial charge in [-0.25, -0.2) is 0 Å². The normalized spacial score (nSPS) is 22.1. The van der Waals surface area contributed by atoms with Crippen LogP contribution in [0, 0.1) is 11.8 Å². The second-order valence-corrected chi connectivity index (χ2v) is 5.10. The Kier molecular flexibility index (Phi) is 3.66. The molecule has 1 unspecified atom stereocenters. The molecule has 2 heterocycles. The molecule has 16 heavy (non-hydrogen) atoms. The summed E-state index contributed by atoms with van der Waals surface area (Å²) in [5.41, 5.74) is 6.81. The summed E-state index contributed by atoms with van der Waals surface area (Å²) in [7, 11) is 0. The Morgan fingerprint density at radius 1 is 1.56 bits per heavy atom. The highest BCUT2D eigenvalue weighted by atomic mass is 16.3. The van der Waals surface area contributed by atoms with Gasteiger partial charge in [0.15, 0.2) is 0 Å². The average molecular weight is 222 g/mol. The highest BCUT2D eigenvalue weighted by Gasteiger charge is 2.25. The van der Waals surface area contributed by atoms with Gasteiger partial charge in [0.2, 0.25) is 0 Å². The van der Waals surface area contributed by atoms with E-state index in [1.54, 1.807) is 6.26 Å². The van der Waals surface area contributed by atoms with Crippen LogP contribution in [0.3, 0.4) is 0 Å². The highest BCUT2D eigenvalue weighted by Crippen LogP contribution is 2.25. The largest absolute Gasteiger partial charge is 0.468 e. The number of nitrogens with two attached hydrogens (primary N) is 1. The van der Waals surface area contributed by atoms with Gasteiger partial charge in [0.05, 0.1) is 12.8 Å². The van der Waals surface area contributed by atoms with Gasteiger partial charge in [-0.2, -0.15) is 0 Å². The maximum absolute atomic E-state index is 5.67. The molecule has 90 valence electrons. The van der Waals surface area contributed by atoms with E-state index in [1.165, 1.54) is 19.5 Å². The Balaban J connectivity index is 1.92. The lowest BCUT2D eigenvalue weighted by atomic mass is 9.95. The minimum Gasteiger partial charge on any atom is -0.468 e. The van der Waals surface area contributed by atoms with Gasteiger partial charge in [-0.05, 0) is 30.9 Å². The zero-order chi connectivity index (χ0) is 11.5. The monoisotopic (exact) mass is 222 g/mol. The van der Waals surface area contributed by atoms with E-state index in [0.29, 0.717) is 6.54 Å². The van der Waals surface area contributed by atoms with E-state index < -0.39 is 0 Å². The second-order valence-electron chi connectivity index (χ2n) is 5.10. The smallest absolute Gasteiger partial charge is 0.122 e. The maximum Gasteiger partial charge on any atom is 0.122 e. The number of hydrogen-bond acceptors (Lipinski definition) is 3. The van der Waals surface area contributed by atoms with Gasteiger partial charge < -0.3 is 10.2 Å². The van der Waals surface area contributed by atoms with Crippen LogP contribution in [0.5, 0.6) is 0 Å². The maximum atomic E-state index is 5.67. The fourth-order valence-corrected chi connectivity index (χ4v) is 2.44. The van der Waals surface area contributed by atoms with E-state index in [4.69, 9.17) is 10.2 Å². The molecule has 2 rings (SSSR count). The van der Waals surface area contributed by atoms with Gasteiger partial charge in [0.1, 0.15) is 5.76 Å². The van der Waals surface area contributed by atoms with Gasteiger partial charge >= 0.3 is 0 Å². The summed E-state index contributed by atoms with van der Waals surface area (Å²) in [6, 6.07) is 1.98. The Morgan fingerprint density at radius 2 is 2.38 bits per heavy atom. The van der Waals surface area contributed by atoms with Gasteiger partial charge in [-0.3, -0.25) is 4.90 Å². The quantitative estimate of drug-likeness (QED) is 0.849. The molecule has 1 aliphatic heterocycles. The molecule has 1 aliphatic rings. The average Bonchev–Trinajstić information content (AvgIpc) is 2.87. The third-order valence-corrected chi connectivity index (χ3v) is 3.68. The summed E-state index contributed by atoms with van der Waals surface area (Å²) in [4.78, 5) is 2.47. The van der Waals surface area contributed by atoms with E-state index in [-0.39, 0.29) is 0 Å². The molecule has 0 amide bonds. The summed E-state index contributed by atoms with van der Waals surface area (Å²) in [5.74, 6) is 2.68. The van der Waals surface area contributed by atoms with Gasteiger partial charge in [0, 0.05) is 18.7 Å². The lowest BCUT2D eigenvalue weighted by Crippen LogP contribution is -2.22. The molecule has 0 spiro atoms. The molecule has 1 atom stereocenters. The van der Waals surface area contributed by atoms with Crippen LogP contribution in [0.25, 0.3) is 0 Å². The fourth-order valence-electron chi connectivity index (χ4n) is 2.44. The Bertz CT molecular complexity index is 332. The summed E-state index contributed by atoms with van der Waals surface area (Å²) in [6.45, 7) is 8.50. The lowest BCUT2D eigenvalue weighted by molar-refractivity contribution is 0.272. The molecule has 3 heteroatoms. The highest BCUT2D eigenvalue weighted by molar-refractivity contribution is 5.16. The molecule has 0 radical (unpaired) electrons. The number of rotatable bonds is 4. The number of hydrogen-bond donors (Lipinski definition) is 1. The molecule has 1 saturated heterocycles. The second kappa shape index (κ2) is 5.02. The predicted molar refractivity (Wildman–Crippen MR) is 64.8 cm³/mol. The van der Waals surface area contributed by atoms with E-state index in [9.17, 15) is 0 Å². The molecule has 1 aromatic rings. The topological polar surface area (TPSA) is 42.4 Å². The summed E-state index contributed by atoms with van der Waals surface area (Å²) in [5, 5.41) is 0. The molecule has 2 N–H and O–H groups in total. The first-order chi connectivity index (χ1) is 7.70. The molecule has 1 aromatic heterocycles. The van der Waals surface area contributed by atoms with Crippen molar-refractivity contribution in [1.82, 2.24) is 4.90 Å². The van der Waals surface area contributed by atoms with Gasteiger partial charge in [-0.15, -0.1) is 0 Å². The van der Waals surface area contributed by atoms with Crippen LogP contribution in [0.2, 0.25) is 0 Å². The molecule has 1 fully saturated rings. The van der Waals surface area contributed by atoms with Crippen molar-refractivity contribution in [2.75, 3.05) is 13.1 Å². The molecular weight excluding hydrogens is 200 g/mol. The van der Waals surface area contributed by atoms with Crippen molar-refractivity contribution >= 4 is 0 Å². The molecule has 0 saturated carbocycles. The van der Waals surface area contributed by atoms with E-state index in [1.807, 2.05) is 6.07 Å². The van der Waals surface area contributed by atoms with Gasteiger partial charge in [-0.1, -0.05) is 13.8 Å². The molecular formula is C13H22N2O. The first-order valence-corrected chi connectivity index (χ1v) is 6.18. The molecule has 0 aliphatic carbocycles. The van der Waals surface area contributed by atoms with Crippen LogP contribution in [-0.2, 0) is 13.1 Å². The first-order valence-electron chi connectivity index (χ1n) is 6.18. The van der Waals surface area contributed by atoms with Crippen molar-refractivity contribution in [2.45, 2.75) is 33.4 Å². The standard InChI is InChI=1S/C13H22N2O/c1-10(2)12-3-5-15(8-12)9-13-11(7-14)4-6-16-13/h4,6,10,12H,3,5,7-9,14H2,1-2H3. The Morgan fingerprint density at radius 3 is 3.00 bits per heavy atom. The van der Waals surface area contributed by atoms with E-state index in [0.717, 1.165) is 29.7 Å². The summed E-state index contributed by atoms with van der Waals surface area (Å²) in [6.07, 6.45) is 3.06. The van der Waals surface area contributed by atoms with Crippen molar-refractivity contribution in [3.05, 3.63) is 23.7 Å². The lowest BCUT2D eigenvalue weighted by Gasteiger charge is -2.17.